The molecule has 2 aromatic rings. The van der Waals surface area contributed by atoms with Gasteiger partial charge in [0.15, 0.2) is 0 Å². The summed E-state index contributed by atoms with van der Waals surface area (Å²) >= 11 is 1.81. The first-order chi connectivity index (χ1) is 9.86. The fourth-order valence-electron chi connectivity index (χ4n) is 2.27. The van der Waals surface area contributed by atoms with Gasteiger partial charge in [-0.1, -0.05) is 25.1 Å². The molecule has 1 aromatic carbocycles. The van der Waals surface area contributed by atoms with Crippen molar-refractivity contribution >= 4 is 11.3 Å². The second-order valence-corrected chi connectivity index (χ2v) is 6.27. The number of hydrogen-bond acceptors (Lipinski definition) is 3. The Labute approximate surface area is 124 Å². The van der Waals surface area contributed by atoms with Crippen LogP contribution in [0.3, 0.4) is 0 Å². The predicted octanol–water partition coefficient (Wildman–Crippen LogP) is 4.38. The van der Waals surface area contributed by atoms with Crippen LogP contribution in [0.25, 0.3) is 0 Å². The maximum Gasteiger partial charge on any atom is 0.120 e. The molecule has 1 aromatic heterocycles. The van der Waals surface area contributed by atoms with Crippen molar-refractivity contribution in [2.45, 2.75) is 38.3 Å². The summed E-state index contributed by atoms with van der Waals surface area (Å²) in [7, 11) is 0. The lowest BCUT2D eigenvalue weighted by atomic mass is 10.0. The highest BCUT2D eigenvalue weighted by molar-refractivity contribution is 7.10. The number of ether oxygens (including phenoxy) is 1. The van der Waals surface area contributed by atoms with E-state index in [9.17, 15) is 0 Å². The molecule has 0 bridgehead atoms. The summed E-state index contributed by atoms with van der Waals surface area (Å²) in [6, 6.07) is 13.1. The van der Waals surface area contributed by atoms with Gasteiger partial charge in [0.1, 0.15) is 5.75 Å². The average Bonchev–Trinajstić information content (AvgIpc) is 3.11. The van der Waals surface area contributed by atoms with Gasteiger partial charge in [-0.2, -0.15) is 0 Å². The van der Waals surface area contributed by atoms with Gasteiger partial charge in [0.05, 0.1) is 12.1 Å². The smallest absolute Gasteiger partial charge is 0.120 e. The van der Waals surface area contributed by atoms with Gasteiger partial charge >= 0.3 is 0 Å². The Balaban J connectivity index is 1.81. The lowest BCUT2D eigenvalue weighted by Crippen LogP contribution is -2.22. The topological polar surface area (TPSA) is 21.3 Å². The van der Waals surface area contributed by atoms with Gasteiger partial charge in [0.2, 0.25) is 0 Å². The van der Waals surface area contributed by atoms with E-state index < -0.39 is 0 Å². The Hall–Kier alpha value is -1.32. The normalized spacial score (nSPS) is 16.1. The molecule has 3 heteroatoms. The monoisotopic (exact) mass is 287 g/mol. The zero-order valence-corrected chi connectivity index (χ0v) is 12.7. The quantitative estimate of drug-likeness (QED) is 0.816. The number of benzene rings is 1. The van der Waals surface area contributed by atoms with Gasteiger partial charge in [-0.25, -0.2) is 0 Å². The van der Waals surface area contributed by atoms with Crippen molar-refractivity contribution in [2.75, 3.05) is 6.54 Å². The first-order valence-electron chi connectivity index (χ1n) is 7.40. The molecule has 0 radical (unpaired) electrons. The van der Waals surface area contributed by atoms with Crippen LogP contribution in [-0.4, -0.2) is 12.6 Å². The van der Waals surface area contributed by atoms with E-state index in [4.69, 9.17) is 4.74 Å². The zero-order chi connectivity index (χ0) is 13.8. The van der Waals surface area contributed by atoms with Crippen molar-refractivity contribution in [1.29, 1.82) is 0 Å². The fourth-order valence-corrected chi connectivity index (χ4v) is 3.10. The second-order valence-electron chi connectivity index (χ2n) is 5.29. The van der Waals surface area contributed by atoms with Crippen LogP contribution in [0.5, 0.6) is 5.75 Å². The lowest BCUT2D eigenvalue weighted by molar-refractivity contribution is 0.302. The summed E-state index contributed by atoms with van der Waals surface area (Å²) in [6.07, 6.45) is 3.99. The van der Waals surface area contributed by atoms with Crippen molar-refractivity contribution in [3.63, 3.8) is 0 Å². The summed E-state index contributed by atoms with van der Waals surface area (Å²) in [6.45, 7) is 3.22. The molecular formula is C17H21NOS. The maximum absolute atomic E-state index is 5.91. The molecule has 0 amide bonds. The first kappa shape index (κ1) is 13.7. The Morgan fingerprint density at radius 2 is 2.20 bits per heavy atom. The molecular weight excluding hydrogens is 266 g/mol. The average molecular weight is 287 g/mol. The number of rotatable bonds is 7. The van der Waals surface area contributed by atoms with Crippen LogP contribution in [0.2, 0.25) is 0 Å². The van der Waals surface area contributed by atoms with Crippen LogP contribution in [0.15, 0.2) is 41.8 Å². The fraction of sp³-hybridized carbons (Fsp3) is 0.412. The molecule has 1 fully saturated rings. The summed E-state index contributed by atoms with van der Waals surface area (Å²) in [4.78, 5) is 1.36. The van der Waals surface area contributed by atoms with Gasteiger partial charge in [0, 0.05) is 4.88 Å². The molecule has 0 saturated heterocycles. The van der Waals surface area contributed by atoms with Crippen molar-refractivity contribution in [3.05, 3.63) is 52.2 Å². The van der Waals surface area contributed by atoms with E-state index in [0.717, 1.165) is 18.7 Å². The third-order valence-electron chi connectivity index (χ3n) is 3.44. The molecule has 1 unspecified atom stereocenters. The van der Waals surface area contributed by atoms with Crippen molar-refractivity contribution in [1.82, 2.24) is 5.32 Å². The van der Waals surface area contributed by atoms with Gasteiger partial charge in [-0.05, 0) is 54.9 Å². The van der Waals surface area contributed by atoms with Crippen LogP contribution in [0.1, 0.15) is 42.7 Å². The standard InChI is InChI=1S/C17H21NOS/c1-2-10-18-17(16-7-4-11-20-16)13-5-3-6-15(12-13)19-14-8-9-14/h3-7,11-12,14,17-18H,2,8-10H2,1H3. The van der Waals surface area contributed by atoms with Crippen LogP contribution in [-0.2, 0) is 0 Å². The summed E-state index contributed by atoms with van der Waals surface area (Å²) in [5.41, 5.74) is 1.29. The highest BCUT2D eigenvalue weighted by atomic mass is 32.1. The SMILES string of the molecule is CCCNC(c1cccc(OC2CC2)c1)c1cccs1. The highest BCUT2D eigenvalue weighted by Crippen LogP contribution is 2.31. The van der Waals surface area contributed by atoms with E-state index in [-0.39, 0.29) is 6.04 Å². The number of hydrogen-bond donors (Lipinski definition) is 1. The van der Waals surface area contributed by atoms with E-state index in [1.165, 1.54) is 23.3 Å². The second kappa shape index (κ2) is 6.42. The maximum atomic E-state index is 5.91. The first-order valence-corrected chi connectivity index (χ1v) is 8.28. The third-order valence-corrected chi connectivity index (χ3v) is 4.38. The van der Waals surface area contributed by atoms with Crippen molar-refractivity contribution in [3.8, 4) is 5.75 Å². The summed E-state index contributed by atoms with van der Waals surface area (Å²) in [5.74, 6) is 1.00. The summed E-state index contributed by atoms with van der Waals surface area (Å²) in [5, 5.41) is 5.78. The Morgan fingerprint density at radius 3 is 2.90 bits per heavy atom. The van der Waals surface area contributed by atoms with Crippen molar-refractivity contribution < 1.29 is 4.74 Å². The molecule has 2 nitrogen and oxygen atoms in total. The van der Waals surface area contributed by atoms with E-state index >= 15 is 0 Å². The van der Waals surface area contributed by atoms with Gasteiger partial charge in [-0.3, -0.25) is 0 Å². The molecule has 0 aliphatic heterocycles. The van der Waals surface area contributed by atoms with Crippen LogP contribution in [0.4, 0.5) is 0 Å². The number of nitrogens with one attached hydrogen (secondary N) is 1. The summed E-state index contributed by atoms with van der Waals surface area (Å²) < 4.78 is 5.91. The van der Waals surface area contributed by atoms with Crippen LogP contribution in [0, 0.1) is 0 Å². The van der Waals surface area contributed by atoms with E-state index in [1.807, 2.05) is 0 Å². The van der Waals surface area contributed by atoms with Gasteiger partial charge in [0.25, 0.3) is 0 Å². The molecule has 20 heavy (non-hydrogen) atoms. The van der Waals surface area contributed by atoms with Crippen LogP contribution < -0.4 is 10.1 Å². The van der Waals surface area contributed by atoms with Gasteiger partial charge < -0.3 is 10.1 Å². The highest BCUT2D eigenvalue weighted by Gasteiger charge is 2.24. The molecule has 3 rings (SSSR count). The zero-order valence-electron chi connectivity index (χ0n) is 11.8. The van der Waals surface area contributed by atoms with Crippen LogP contribution >= 0.6 is 11.3 Å². The Bertz CT molecular complexity index is 534. The minimum atomic E-state index is 0.276. The minimum Gasteiger partial charge on any atom is -0.490 e. The molecule has 1 aliphatic rings. The van der Waals surface area contributed by atoms with E-state index in [2.05, 4.69) is 54.0 Å². The van der Waals surface area contributed by atoms with Gasteiger partial charge in [-0.15, -0.1) is 11.3 Å². The molecule has 1 atom stereocenters. The Kier molecular flexibility index (Phi) is 4.38. The van der Waals surface area contributed by atoms with E-state index in [1.54, 1.807) is 11.3 Å². The largest absolute Gasteiger partial charge is 0.490 e. The van der Waals surface area contributed by atoms with E-state index in [0.29, 0.717) is 6.10 Å². The molecule has 1 aliphatic carbocycles. The molecule has 1 saturated carbocycles. The molecule has 1 N–H and O–H groups in total. The molecule has 1 heterocycles. The minimum absolute atomic E-state index is 0.276. The third kappa shape index (κ3) is 3.41. The van der Waals surface area contributed by atoms with Crippen molar-refractivity contribution in [2.24, 2.45) is 0 Å². The molecule has 106 valence electrons. The lowest BCUT2D eigenvalue weighted by Gasteiger charge is -2.18. The number of thiophene rings is 1. The molecule has 0 spiro atoms. The predicted molar refractivity (Wildman–Crippen MR) is 84.5 cm³/mol. The Morgan fingerprint density at radius 1 is 1.30 bits per heavy atom.